The van der Waals surface area contributed by atoms with Gasteiger partial charge in [0.15, 0.2) is 0 Å². The minimum Gasteiger partial charge on any atom is -0.398 e. The first-order valence-electron chi connectivity index (χ1n) is 6.99. The lowest BCUT2D eigenvalue weighted by molar-refractivity contribution is 0.0953. The number of nitrogens with one attached hydrogen (secondary N) is 1. The van der Waals surface area contributed by atoms with Crippen molar-refractivity contribution in [1.82, 2.24) is 5.32 Å². The molecule has 19 heavy (non-hydrogen) atoms. The molecule has 106 valence electrons. The molecule has 0 aliphatic carbocycles. The van der Waals surface area contributed by atoms with Gasteiger partial charge in [-0.15, -0.1) is 0 Å². The van der Waals surface area contributed by atoms with E-state index in [2.05, 4.69) is 12.2 Å². The summed E-state index contributed by atoms with van der Waals surface area (Å²) in [5, 5.41) is 3.22. The van der Waals surface area contributed by atoms with E-state index < -0.39 is 0 Å². The Labute approximate surface area is 120 Å². The number of halogens is 1. The van der Waals surface area contributed by atoms with Crippen LogP contribution in [0.4, 0.5) is 5.69 Å². The fraction of sp³-hybridized carbons (Fsp3) is 0.533. The lowest BCUT2D eigenvalue weighted by atomic mass is 10.1. The number of unbranched alkanes of at least 4 members (excludes halogenated alkanes) is 5. The van der Waals surface area contributed by atoms with E-state index >= 15 is 0 Å². The van der Waals surface area contributed by atoms with Gasteiger partial charge in [0.1, 0.15) is 0 Å². The third kappa shape index (κ3) is 5.52. The van der Waals surface area contributed by atoms with Crippen LogP contribution in [0.3, 0.4) is 0 Å². The van der Waals surface area contributed by atoms with Crippen LogP contribution in [0.15, 0.2) is 18.2 Å². The second kappa shape index (κ2) is 8.81. The third-order valence-corrected chi connectivity index (χ3v) is 3.51. The smallest absolute Gasteiger partial charge is 0.252 e. The Morgan fingerprint density at radius 2 is 1.89 bits per heavy atom. The molecule has 0 saturated heterocycles. The Morgan fingerprint density at radius 3 is 2.63 bits per heavy atom. The van der Waals surface area contributed by atoms with Crippen molar-refractivity contribution in [2.24, 2.45) is 0 Å². The molecule has 0 radical (unpaired) electrons. The SMILES string of the molecule is CCCCCCCCNC(=O)c1cccc(N)c1Cl. The van der Waals surface area contributed by atoms with Crippen LogP contribution in [-0.2, 0) is 0 Å². The van der Waals surface area contributed by atoms with Crippen LogP contribution in [0.2, 0.25) is 5.02 Å². The Morgan fingerprint density at radius 1 is 1.21 bits per heavy atom. The Hall–Kier alpha value is -1.22. The van der Waals surface area contributed by atoms with Crippen molar-refractivity contribution in [2.45, 2.75) is 45.4 Å². The van der Waals surface area contributed by atoms with Gasteiger partial charge in [0.05, 0.1) is 16.3 Å². The van der Waals surface area contributed by atoms with Crippen LogP contribution in [0.25, 0.3) is 0 Å². The molecule has 1 aromatic rings. The van der Waals surface area contributed by atoms with Crippen LogP contribution in [0.5, 0.6) is 0 Å². The first kappa shape index (κ1) is 15.8. The Kier molecular flexibility index (Phi) is 7.34. The molecule has 1 aromatic carbocycles. The number of benzene rings is 1. The van der Waals surface area contributed by atoms with Crippen LogP contribution < -0.4 is 11.1 Å². The van der Waals surface area contributed by atoms with E-state index in [1.54, 1.807) is 18.2 Å². The summed E-state index contributed by atoms with van der Waals surface area (Å²) in [5.74, 6) is -0.147. The molecule has 1 rings (SSSR count). The average Bonchev–Trinajstić information content (AvgIpc) is 2.40. The molecule has 0 unspecified atom stereocenters. The summed E-state index contributed by atoms with van der Waals surface area (Å²) < 4.78 is 0. The van der Waals surface area contributed by atoms with E-state index in [1.165, 1.54) is 25.7 Å². The molecule has 0 atom stereocenters. The number of hydrogen-bond donors (Lipinski definition) is 2. The van der Waals surface area contributed by atoms with Gasteiger partial charge >= 0.3 is 0 Å². The number of amides is 1. The first-order valence-corrected chi connectivity index (χ1v) is 7.36. The monoisotopic (exact) mass is 282 g/mol. The number of hydrogen-bond acceptors (Lipinski definition) is 2. The van der Waals surface area contributed by atoms with Crippen molar-refractivity contribution in [3.05, 3.63) is 28.8 Å². The molecule has 1 amide bonds. The number of carbonyl (C=O) groups excluding carboxylic acids is 1. The molecule has 0 heterocycles. The maximum absolute atomic E-state index is 11.9. The zero-order valence-electron chi connectivity index (χ0n) is 11.5. The highest BCUT2D eigenvalue weighted by atomic mass is 35.5. The normalized spacial score (nSPS) is 10.4. The minimum absolute atomic E-state index is 0.147. The highest BCUT2D eigenvalue weighted by Crippen LogP contribution is 2.22. The van der Waals surface area contributed by atoms with Gasteiger partial charge in [-0.1, -0.05) is 56.7 Å². The van der Waals surface area contributed by atoms with Crippen LogP contribution in [0, 0.1) is 0 Å². The third-order valence-electron chi connectivity index (χ3n) is 3.09. The maximum Gasteiger partial charge on any atom is 0.252 e. The summed E-state index contributed by atoms with van der Waals surface area (Å²) in [6.07, 6.45) is 7.24. The van der Waals surface area contributed by atoms with E-state index in [4.69, 9.17) is 17.3 Å². The van der Waals surface area contributed by atoms with E-state index in [0.717, 1.165) is 12.8 Å². The number of nitrogen functional groups attached to an aromatic ring is 1. The fourth-order valence-electron chi connectivity index (χ4n) is 1.93. The summed E-state index contributed by atoms with van der Waals surface area (Å²) in [6.45, 7) is 2.89. The van der Waals surface area contributed by atoms with Gasteiger partial charge in [0.2, 0.25) is 0 Å². The molecule has 0 spiro atoms. The highest BCUT2D eigenvalue weighted by molar-refractivity contribution is 6.36. The minimum atomic E-state index is -0.147. The molecule has 0 saturated carbocycles. The summed E-state index contributed by atoms with van der Waals surface area (Å²) in [7, 11) is 0. The first-order chi connectivity index (χ1) is 9.16. The van der Waals surface area contributed by atoms with Crippen molar-refractivity contribution in [3.63, 3.8) is 0 Å². The van der Waals surface area contributed by atoms with E-state index in [9.17, 15) is 4.79 Å². The quantitative estimate of drug-likeness (QED) is 0.559. The molecule has 0 bridgehead atoms. The topological polar surface area (TPSA) is 55.1 Å². The van der Waals surface area contributed by atoms with Crippen LogP contribution in [0.1, 0.15) is 55.8 Å². The molecule has 3 nitrogen and oxygen atoms in total. The van der Waals surface area contributed by atoms with Gasteiger partial charge in [-0.2, -0.15) is 0 Å². The van der Waals surface area contributed by atoms with E-state index in [-0.39, 0.29) is 5.91 Å². The number of carbonyl (C=O) groups is 1. The van der Waals surface area contributed by atoms with Gasteiger partial charge in [-0.3, -0.25) is 4.79 Å². The lowest BCUT2D eigenvalue weighted by Crippen LogP contribution is -2.24. The number of anilines is 1. The molecule has 0 aliphatic rings. The van der Waals surface area contributed by atoms with Gasteiger partial charge in [0.25, 0.3) is 5.91 Å². The zero-order valence-corrected chi connectivity index (χ0v) is 12.3. The largest absolute Gasteiger partial charge is 0.398 e. The van der Waals surface area contributed by atoms with Crippen molar-refractivity contribution >= 4 is 23.2 Å². The van der Waals surface area contributed by atoms with E-state index in [1.807, 2.05) is 0 Å². The maximum atomic E-state index is 11.9. The Balaban J connectivity index is 2.26. The molecular formula is C15H23ClN2O. The second-order valence-corrected chi connectivity index (χ2v) is 5.11. The molecule has 0 aliphatic heterocycles. The van der Waals surface area contributed by atoms with E-state index in [0.29, 0.717) is 22.8 Å². The fourth-order valence-corrected chi connectivity index (χ4v) is 2.14. The summed E-state index contributed by atoms with van der Waals surface area (Å²) in [4.78, 5) is 11.9. The predicted octanol–water partition coefficient (Wildman–Crippen LogP) is 4.01. The van der Waals surface area contributed by atoms with Crippen molar-refractivity contribution in [2.75, 3.05) is 12.3 Å². The van der Waals surface area contributed by atoms with Gasteiger partial charge in [-0.05, 0) is 18.6 Å². The molecule has 4 heteroatoms. The summed E-state index contributed by atoms with van der Waals surface area (Å²) in [6, 6.07) is 5.11. The summed E-state index contributed by atoms with van der Waals surface area (Å²) >= 11 is 6.00. The average molecular weight is 283 g/mol. The zero-order chi connectivity index (χ0) is 14.1. The Bertz CT molecular complexity index is 407. The standard InChI is InChI=1S/C15H23ClN2O/c1-2-3-4-5-6-7-11-18-15(19)12-9-8-10-13(17)14(12)16/h8-10H,2-7,11,17H2,1H3,(H,18,19). The van der Waals surface area contributed by atoms with Gasteiger partial charge in [0, 0.05) is 6.54 Å². The van der Waals surface area contributed by atoms with Gasteiger partial charge in [-0.25, -0.2) is 0 Å². The van der Waals surface area contributed by atoms with Crippen molar-refractivity contribution in [1.29, 1.82) is 0 Å². The molecule has 0 aromatic heterocycles. The highest BCUT2D eigenvalue weighted by Gasteiger charge is 2.11. The molecule has 3 N–H and O–H groups in total. The lowest BCUT2D eigenvalue weighted by Gasteiger charge is -2.08. The van der Waals surface area contributed by atoms with Crippen LogP contribution in [-0.4, -0.2) is 12.5 Å². The molecule has 0 fully saturated rings. The second-order valence-electron chi connectivity index (χ2n) is 4.73. The predicted molar refractivity (Wildman–Crippen MR) is 81.6 cm³/mol. The van der Waals surface area contributed by atoms with Crippen molar-refractivity contribution < 1.29 is 4.79 Å². The number of nitrogens with two attached hydrogens (primary N) is 1. The van der Waals surface area contributed by atoms with Crippen LogP contribution >= 0.6 is 11.6 Å². The van der Waals surface area contributed by atoms with Gasteiger partial charge < -0.3 is 11.1 Å². The summed E-state index contributed by atoms with van der Waals surface area (Å²) in [5.41, 5.74) is 6.56. The van der Waals surface area contributed by atoms with Crippen molar-refractivity contribution in [3.8, 4) is 0 Å². The molecular weight excluding hydrogens is 260 g/mol. The number of rotatable bonds is 8.